The molecule has 1 aliphatic rings. The van der Waals surface area contributed by atoms with E-state index in [1.54, 1.807) is 0 Å². The standard InChI is InChI=1S/C20H25N3O/c1-19(22-14-15-23-19)12-13-20(18(21)24,16-8-4-2-5-9-16)17-10-6-3-7-11-17/h2-11,22-23H,12-15H2,1H3,(H2,21,24). The highest BCUT2D eigenvalue weighted by atomic mass is 16.1. The van der Waals surface area contributed by atoms with Crippen molar-refractivity contribution in [2.75, 3.05) is 13.1 Å². The van der Waals surface area contributed by atoms with Crippen molar-refractivity contribution in [3.63, 3.8) is 0 Å². The molecule has 0 aromatic heterocycles. The summed E-state index contributed by atoms with van der Waals surface area (Å²) in [6, 6.07) is 19.8. The highest BCUT2D eigenvalue weighted by molar-refractivity contribution is 5.90. The summed E-state index contributed by atoms with van der Waals surface area (Å²) >= 11 is 0. The van der Waals surface area contributed by atoms with E-state index in [2.05, 4.69) is 17.6 Å². The normalized spacial score (nSPS) is 16.9. The monoisotopic (exact) mass is 323 g/mol. The molecule has 126 valence electrons. The van der Waals surface area contributed by atoms with Gasteiger partial charge in [-0.25, -0.2) is 0 Å². The van der Waals surface area contributed by atoms with Crippen molar-refractivity contribution in [1.29, 1.82) is 0 Å². The minimum Gasteiger partial charge on any atom is -0.369 e. The van der Waals surface area contributed by atoms with Crippen LogP contribution in [0.15, 0.2) is 60.7 Å². The van der Waals surface area contributed by atoms with E-state index in [0.717, 1.165) is 30.6 Å². The molecule has 4 nitrogen and oxygen atoms in total. The van der Waals surface area contributed by atoms with Gasteiger partial charge in [-0.2, -0.15) is 0 Å². The second kappa shape index (κ2) is 6.75. The van der Waals surface area contributed by atoms with E-state index < -0.39 is 5.41 Å². The molecule has 0 atom stereocenters. The molecule has 0 saturated carbocycles. The van der Waals surface area contributed by atoms with Crippen LogP contribution in [0.1, 0.15) is 30.9 Å². The van der Waals surface area contributed by atoms with Crippen LogP contribution in [0, 0.1) is 0 Å². The summed E-state index contributed by atoms with van der Waals surface area (Å²) < 4.78 is 0. The summed E-state index contributed by atoms with van der Waals surface area (Å²) in [7, 11) is 0. The first kappa shape index (κ1) is 16.7. The number of nitrogens with one attached hydrogen (secondary N) is 2. The highest BCUT2D eigenvalue weighted by Gasteiger charge is 2.42. The molecule has 2 aromatic carbocycles. The maximum absolute atomic E-state index is 12.7. The maximum atomic E-state index is 12.7. The van der Waals surface area contributed by atoms with Crippen LogP contribution in [0.3, 0.4) is 0 Å². The van der Waals surface area contributed by atoms with Crippen LogP contribution >= 0.6 is 0 Å². The fraction of sp³-hybridized carbons (Fsp3) is 0.350. The molecule has 4 heteroatoms. The van der Waals surface area contributed by atoms with Gasteiger partial charge in [-0.15, -0.1) is 0 Å². The molecule has 1 heterocycles. The fourth-order valence-electron chi connectivity index (χ4n) is 3.66. The van der Waals surface area contributed by atoms with Crippen molar-refractivity contribution in [1.82, 2.24) is 10.6 Å². The molecular formula is C20H25N3O. The Morgan fingerprint density at radius 3 is 1.88 bits per heavy atom. The van der Waals surface area contributed by atoms with Crippen LogP contribution in [0.4, 0.5) is 0 Å². The Bertz CT molecular complexity index is 639. The lowest BCUT2D eigenvalue weighted by atomic mass is 9.69. The zero-order valence-corrected chi connectivity index (χ0v) is 14.1. The number of benzene rings is 2. The summed E-state index contributed by atoms with van der Waals surface area (Å²) in [4.78, 5) is 12.7. The van der Waals surface area contributed by atoms with Gasteiger partial charge in [-0.1, -0.05) is 60.7 Å². The Morgan fingerprint density at radius 2 is 1.46 bits per heavy atom. The third-order valence-electron chi connectivity index (χ3n) is 5.11. The van der Waals surface area contributed by atoms with Gasteiger partial charge in [0, 0.05) is 13.1 Å². The number of hydrogen-bond acceptors (Lipinski definition) is 3. The second-order valence-corrected chi connectivity index (χ2v) is 6.69. The summed E-state index contributed by atoms with van der Waals surface area (Å²) in [5.41, 5.74) is 6.90. The Morgan fingerprint density at radius 1 is 1.00 bits per heavy atom. The largest absolute Gasteiger partial charge is 0.369 e. The van der Waals surface area contributed by atoms with Crippen LogP contribution in [-0.4, -0.2) is 24.7 Å². The van der Waals surface area contributed by atoms with Gasteiger partial charge >= 0.3 is 0 Å². The van der Waals surface area contributed by atoms with Gasteiger partial charge in [-0.3, -0.25) is 15.4 Å². The van der Waals surface area contributed by atoms with Gasteiger partial charge in [0.25, 0.3) is 0 Å². The average molecular weight is 323 g/mol. The van der Waals surface area contributed by atoms with E-state index in [1.807, 2.05) is 60.7 Å². The summed E-state index contributed by atoms with van der Waals surface area (Å²) in [6.45, 7) is 4.02. The number of amides is 1. The minimum absolute atomic E-state index is 0.162. The van der Waals surface area contributed by atoms with Crippen LogP contribution in [0.25, 0.3) is 0 Å². The van der Waals surface area contributed by atoms with Gasteiger partial charge in [0.05, 0.1) is 11.1 Å². The maximum Gasteiger partial charge on any atom is 0.232 e. The van der Waals surface area contributed by atoms with Crippen LogP contribution in [-0.2, 0) is 10.2 Å². The van der Waals surface area contributed by atoms with Crippen LogP contribution in [0.5, 0.6) is 0 Å². The van der Waals surface area contributed by atoms with E-state index in [9.17, 15) is 4.79 Å². The lowest BCUT2D eigenvalue weighted by Crippen LogP contribution is -2.49. The number of rotatable bonds is 6. The molecule has 0 radical (unpaired) electrons. The lowest BCUT2D eigenvalue weighted by molar-refractivity contribution is -0.122. The van der Waals surface area contributed by atoms with Crippen LogP contribution < -0.4 is 16.4 Å². The van der Waals surface area contributed by atoms with Gasteiger partial charge in [0.15, 0.2) is 0 Å². The topological polar surface area (TPSA) is 67.2 Å². The molecule has 4 N–H and O–H groups in total. The smallest absolute Gasteiger partial charge is 0.232 e. The number of carbonyl (C=O) groups is 1. The lowest BCUT2D eigenvalue weighted by Gasteiger charge is -2.35. The molecule has 0 bridgehead atoms. The first-order valence-corrected chi connectivity index (χ1v) is 8.48. The van der Waals surface area contributed by atoms with Gasteiger partial charge in [0.1, 0.15) is 0 Å². The van der Waals surface area contributed by atoms with Crippen LogP contribution in [0.2, 0.25) is 0 Å². The predicted molar refractivity (Wildman–Crippen MR) is 96.5 cm³/mol. The quantitative estimate of drug-likeness (QED) is 0.763. The minimum atomic E-state index is -0.822. The van der Waals surface area contributed by atoms with Crippen molar-refractivity contribution in [2.24, 2.45) is 5.73 Å². The number of hydrogen-bond donors (Lipinski definition) is 3. The second-order valence-electron chi connectivity index (χ2n) is 6.69. The molecule has 24 heavy (non-hydrogen) atoms. The van der Waals surface area contributed by atoms with Gasteiger partial charge in [0.2, 0.25) is 5.91 Å². The van der Waals surface area contributed by atoms with Crippen molar-refractivity contribution in [3.8, 4) is 0 Å². The number of nitrogens with two attached hydrogens (primary N) is 1. The van der Waals surface area contributed by atoms with Crippen molar-refractivity contribution >= 4 is 5.91 Å². The molecule has 0 aliphatic carbocycles. The van der Waals surface area contributed by atoms with E-state index in [-0.39, 0.29) is 11.6 Å². The molecule has 1 saturated heterocycles. The number of primary amides is 1. The Kier molecular flexibility index (Phi) is 4.69. The molecule has 0 unspecified atom stereocenters. The van der Waals surface area contributed by atoms with E-state index in [0.29, 0.717) is 6.42 Å². The van der Waals surface area contributed by atoms with E-state index >= 15 is 0 Å². The van der Waals surface area contributed by atoms with E-state index in [4.69, 9.17) is 5.73 Å². The first-order chi connectivity index (χ1) is 11.6. The van der Waals surface area contributed by atoms with Gasteiger partial charge in [-0.05, 0) is 30.9 Å². The SMILES string of the molecule is CC1(CCC(C(N)=O)(c2ccccc2)c2ccccc2)NCCN1. The zero-order chi connectivity index (χ0) is 17.0. The molecule has 1 amide bonds. The van der Waals surface area contributed by atoms with Crippen molar-refractivity contribution < 1.29 is 4.79 Å². The summed E-state index contributed by atoms with van der Waals surface area (Å²) in [5, 5.41) is 6.97. The Balaban J connectivity index is 2.03. The van der Waals surface area contributed by atoms with Crippen molar-refractivity contribution in [3.05, 3.63) is 71.8 Å². The molecule has 3 rings (SSSR count). The molecule has 1 aliphatic heterocycles. The molecule has 2 aromatic rings. The Hall–Kier alpha value is -2.17. The zero-order valence-electron chi connectivity index (χ0n) is 14.1. The Labute approximate surface area is 143 Å². The predicted octanol–water partition coefficient (Wildman–Crippen LogP) is 2.15. The number of carbonyl (C=O) groups excluding carboxylic acids is 1. The van der Waals surface area contributed by atoms with Crippen molar-refractivity contribution in [2.45, 2.75) is 30.8 Å². The first-order valence-electron chi connectivity index (χ1n) is 8.48. The molecule has 0 spiro atoms. The van der Waals surface area contributed by atoms with E-state index in [1.165, 1.54) is 0 Å². The van der Waals surface area contributed by atoms with Gasteiger partial charge < -0.3 is 5.73 Å². The molecular weight excluding hydrogens is 298 g/mol. The summed E-state index contributed by atoms with van der Waals surface area (Å²) in [6.07, 6.45) is 1.45. The molecule has 1 fully saturated rings. The third kappa shape index (κ3) is 3.07. The fourth-order valence-corrected chi connectivity index (χ4v) is 3.66. The summed E-state index contributed by atoms with van der Waals surface area (Å²) in [5.74, 6) is -0.304. The third-order valence-corrected chi connectivity index (χ3v) is 5.11. The average Bonchev–Trinajstić information content (AvgIpc) is 3.04. The highest BCUT2D eigenvalue weighted by Crippen LogP contribution is 2.38.